The van der Waals surface area contributed by atoms with E-state index in [1.807, 2.05) is 31.2 Å². The van der Waals surface area contributed by atoms with E-state index in [0.29, 0.717) is 49.7 Å². The Morgan fingerprint density at radius 3 is 2.54 bits per heavy atom. The van der Waals surface area contributed by atoms with Crippen LogP contribution in [0.3, 0.4) is 0 Å². The van der Waals surface area contributed by atoms with E-state index >= 15 is 0 Å². The molecule has 1 amide bonds. The number of likely N-dealkylation sites (tertiary alicyclic amines) is 1. The number of aromatic nitrogens is 5. The lowest BCUT2D eigenvalue weighted by atomic mass is 9.96. The van der Waals surface area contributed by atoms with Gasteiger partial charge in [-0.25, -0.2) is 14.1 Å². The van der Waals surface area contributed by atoms with E-state index in [2.05, 4.69) is 20.3 Å². The number of aryl methyl sites for hydroxylation is 1. The van der Waals surface area contributed by atoms with Crippen LogP contribution in [0.1, 0.15) is 35.7 Å². The fraction of sp³-hybridized carbons (Fsp3) is 0.320. The van der Waals surface area contributed by atoms with Gasteiger partial charge in [0.2, 0.25) is 0 Å². The summed E-state index contributed by atoms with van der Waals surface area (Å²) in [5.41, 5.74) is 2.15. The summed E-state index contributed by atoms with van der Waals surface area (Å²) in [5.74, 6) is 0.847. The predicted molar refractivity (Wildman–Crippen MR) is 127 cm³/mol. The highest BCUT2D eigenvalue weighted by atomic mass is 19.1. The second-order valence-electron chi connectivity index (χ2n) is 8.75. The smallest absolute Gasteiger partial charge is 0.281 e. The number of piperidine rings is 1. The standard InChI is InChI=1S/C25H25FN6O3/c1-16-2-8-20(9-3-16)35-15-21(33)31-12-10-18(11-13-31)23-27-24-22(25(34)28-23)29-30-32(24)14-17-4-6-19(26)7-5-17/h2-9,18H,10-15H2,1H3,(H,27,28,34). The summed E-state index contributed by atoms with van der Waals surface area (Å²) in [5, 5.41) is 8.04. The summed E-state index contributed by atoms with van der Waals surface area (Å²) < 4.78 is 20.4. The van der Waals surface area contributed by atoms with Gasteiger partial charge in [0.05, 0.1) is 6.54 Å². The summed E-state index contributed by atoms with van der Waals surface area (Å²) in [6.45, 7) is 3.41. The van der Waals surface area contributed by atoms with Crippen molar-refractivity contribution in [1.29, 1.82) is 0 Å². The number of amides is 1. The molecule has 0 unspecified atom stereocenters. The van der Waals surface area contributed by atoms with Crippen LogP contribution in [-0.2, 0) is 11.3 Å². The van der Waals surface area contributed by atoms with Crippen LogP contribution in [0.4, 0.5) is 4.39 Å². The minimum Gasteiger partial charge on any atom is -0.484 e. The highest BCUT2D eigenvalue weighted by Crippen LogP contribution is 2.26. The number of nitrogens with zero attached hydrogens (tertiary/aromatic N) is 5. The zero-order valence-corrected chi connectivity index (χ0v) is 19.3. The van der Waals surface area contributed by atoms with Crippen molar-refractivity contribution in [2.24, 2.45) is 0 Å². The normalized spacial score (nSPS) is 14.4. The van der Waals surface area contributed by atoms with Crippen molar-refractivity contribution in [3.8, 4) is 5.75 Å². The number of nitrogens with one attached hydrogen (secondary N) is 1. The number of hydrogen-bond acceptors (Lipinski definition) is 6. The number of benzene rings is 2. The lowest BCUT2D eigenvalue weighted by Crippen LogP contribution is -2.41. The third-order valence-corrected chi connectivity index (χ3v) is 6.26. The molecule has 4 aromatic rings. The zero-order valence-electron chi connectivity index (χ0n) is 19.3. The molecule has 1 N–H and O–H groups in total. The molecule has 1 saturated heterocycles. The van der Waals surface area contributed by atoms with Crippen molar-refractivity contribution >= 4 is 17.1 Å². The maximum absolute atomic E-state index is 13.2. The first kappa shape index (κ1) is 22.7. The first-order valence-corrected chi connectivity index (χ1v) is 11.5. The Morgan fingerprint density at radius 1 is 1.11 bits per heavy atom. The second-order valence-corrected chi connectivity index (χ2v) is 8.75. The molecule has 0 bridgehead atoms. The third kappa shape index (κ3) is 5.06. The molecule has 5 rings (SSSR count). The average molecular weight is 477 g/mol. The molecule has 1 fully saturated rings. The molecule has 0 spiro atoms. The molecule has 9 nitrogen and oxygen atoms in total. The maximum Gasteiger partial charge on any atom is 0.281 e. The molecular weight excluding hydrogens is 451 g/mol. The van der Waals surface area contributed by atoms with Gasteiger partial charge in [-0.1, -0.05) is 35.0 Å². The van der Waals surface area contributed by atoms with E-state index in [0.717, 1.165) is 11.1 Å². The molecule has 3 heterocycles. The van der Waals surface area contributed by atoms with Crippen LogP contribution in [0.25, 0.3) is 11.2 Å². The highest BCUT2D eigenvalue weighted by Gasteiger charge is 2.26. The topological polar surface area (TPSA) is 106 Å². The van der Waals surface area contributed by atoms with Crippen molar-refractivity contribution < 1.29 is 13.9 Å². The van der Waals surface area contributed by atoms with E-state index in [1.54, 1.807) is 21.7 Å². The van der Waals surface area contributed by atoms with Crippen molar-refractivity contribution in [3.05, 3.63) is 81.7 Å². The molecule has 180 valence electrons. The molecule has 0 saturated carbocycles. The largest absolute Gasteiger partial charge is 0.484 e. The van der Waals surface area contributed by atoms with Crippen LogP contribution in [0.15, 0.2) is 53.3 Å². The molecule has 0 atom stereocenters. The Morgan fingerprint density at radius 2 is 1.83 bits per heavy atom. The third-order valence-electron chi connectivity index (χ3n) is 6.26. The number of halogens is 1. The number of H-pyrrole nitrogens is 1. The average Bonchev–Trinajstić information content (AvgIpc) is 3.28. The van der Waals surface area contributed by atoms with E-state index in [9.17, 15) is 14.0 Å². The van der Waals surface area contributed by atoms with Gasteiger partial charge in [0.1, 0.15) is 17.4 Å². The van der Waals surface area contributed by atoms with E-state index in [-0.39, 0.29) is 35.3 Å². The summed E-state index contributed by atoms with van der Waals surface area (Å²) >= 11 is 0. The van der Waals surface area contributed by atoms with Crippen molar-refractivity contribution in [3.63, 3.8) is 0 Å². The summed E-state index contributed by atoms with van der Waals surface area (Å²) in [6.07, 6.45) is 1.34. The Hall–Kier alpha value is -4.08. The number of rotatable bonds is 6. The number of hydrogen-bond donors (Lipinski definition) is 1. The predicted octanol–water partition coefficient (Wildman–Crippen LogP) is 2.80. The maximum atomic E-state index is 13.2. The number of fused-ring (bicyclic) bond motifs is 1. The molecule has 10 heteroatoms. The lowest BCUT2D eigenvalue weighted by Gasteiger charge is -2.31. The van der Waals surface area contributed by atoms with Crippen LogP contribution in [0.5, 0.6) is 5.75 Å². The Balaban J connectivity index is 1.24. The number of carbonyl (C=O) groups is 1. The molecule has 1 aliphatic rings. The van der Waals surface area contributed by atoms with Crippen LogP contribution in [-0.4, -0.2) is 55.5 Å². The SMILES string of the molecule is Cc1ccc(OCC(=O)N2CCC(c3nc4c(nnn4Cc4ccc(F)cc4)c(=O)[nH]3)CC2)cc1. The van der Waals surface area contributed by atoms with Crippen LogP contribution < -0.4 is 10.3 Å². The fourth-order valence-corrected chi connectivity index (χ4v) is 4.22. The molecule has 2 aromatic heterocycles. The van der Waals surface area contributed by atoms with Gasteiger partial charge >= 0.3 is 0 Å². The first-order chi connectivity index (χ1) is 17.0. The van der Waals surface area contributed by atoms with E-state index in [1.165, 1.54) is 12.1 Å². The quantitative estimate of drug-likeness (QED) is 0.459. The second kappa shape index (κ2) is 9.65. The fourth-order valence-electron chi connectivity index (χ4n) is 4.22. The van der Waals surface area contributed by atoms with Gasteiger partial charge in [-0.15, -0.1) is 5.10 Å². The van der Waals surface area contributed by atoms with Gasteiger partial charge in [-0.3, -0.25) is 9.59 Å². The monoisotopic (exact) mass is 476 g/mol. The van der Waals surface area contributed by atoms with E-state index in [4.69, 9.17) is 4.74 Å². The zero-order chi connectivity index (χ0) is 24.4. The molecule has 0 radical (unpaired) electrons. The Bertz CT molecular complexity index is 1390. The molecule has 35 heavy (non-hydrogen) atoms. The summed E-state index contributed by atoms with van der Waals surface area (Å²) in [7, 11) is 0. The summed E-state index contributed by atoms with van der Waals surface area (Å²) in [6, 6.07) is 13.7. The van der Waals surface area contributed by atoms with Gasteiger partial charge in [0, 0.05) is 19.0 Å². The minimum atomic E-state index is -0.347. The van der Waals surface area contributed by atoms with E-state index < -0.39 is 0 Å². The number of carbonyl (C=O) groups excluding carboxylic acids is 1. The van der Waals surface area contributed by atoms with Crippen LogP contribution in [0.2, 0.25) is 0 Å². The van der Waals surface area contributed by atoms with Crippen LogP contribution in [0, 0.1) is 12.7 Å². The van der Waals surface area contributed by atoms with Gasteiger partial charge < -0.3 is 14.6 Å². The first-order valence-electron chi connectivity index (χ1n) is 11.5. The number of ether oxygens (including phenoxy) is 1. The summed E-state index contributed by atoms with van der Waals surface area (Å²) in [4.78, 5) is 34.5. The Kier molecular flexibility index (Phi) is 6.26. The number of aromatic amines is 1. The Labute approximate surface area is 200 Å². The van der Waals surface area contributed by atoms with Crippen molar-refractivity contribution in [1.82, 2.24) is 29.9 Å². The van der Waals surface area contributed by atoms with Gasteiger partial charge in [-0.05, 0) is 49.6 Å². The molecule has 2 aromatic carbocycles. The van der Waals surface area contributed by atoms with Gasteiger partial charge in [-0.2, -0.15) is 0 Å². The molecule has 1 aliphatic heterocycles. The molecule has 0 aliphatic carbocycles. The minimum absolute atomic E-state index is 0.00309. The highest BCUT2D eigenvalue weighted by molar-refractivity contribution is 5.78. The lowest BCUT2D eigenvalue weighted by molar-refractivity contribution is -0.134. The van der Waals surface area contributed by atoms with Gasteiger partial charge in [0.25, 0.3) is 11.5 Å². The van der Waals surface area contributed by atoms with Crippen molar-refractivity contribution in [2.45, 2.75) is 32.2 Å². The van der Waals surface area contributed by atoms with Gasteiger partial charge in [0.15, 0.2) is 17.8 Å². The van der Waals surface area contributed by atoms with Crippen molar-refractivity contribution in [2.75, 3.05) is 19.7 Å². The van der Waals surface area contributed by atoms with Crippen LogP contribution >= 0.6 is 0 Å². The molecular formula is C25H25FN6O3.